The van der Waals surface area contributed by atoms with Crippen molar-refractivity contribution < 1.29 is 27.5 Å². The minimum Gasteiger partial charge on any atom is -0.466 e. The maximum atomic E-state index is 13.4. The van der Waals surface area contributed by atoms with Gasteiger partial charge < -0.3 is 14.0 Å². The molecule has 1 aromatic heterocycles. The topological polar surface area (TPSA) is 107 Å². The van der Waals surface area contributed by atoms with Gasteiger partial charge in [-0.25, -0.2) is 9.52 Å². The second-order valence-corrected chi connectivity index (χ2v) is 13.9. The Balaban J connectivity index is 1.39. The molecule has 1 aromatic carbocycles. The van der Waals surface area contributed by atoms with Crippen molar-refractivity contribution in [2.45, 2.75) is 62.8 Å². The van der Waals surface area contributed by atoms with Crippen LogP contribution < -0.4 is 4.72 Å². The van der Waals surface area contributed by atoms with Crippen LogP contribution in [0.1, 0.15) is 72.5 Å². The quantitative estimate of drug-likeness (QED) is 0.412. The Bertz CT molecular complexity index is 1660. The molecule has 10 heteroatoms. The van der Waals surface area contributed by atoms with Gasteiger partial charge in [-0.05, 0) is 49.3 Å². The average Bonchev–Trinajstić information content (AvgIpc) is 3.59. The molecule has 3 aliphatic carbocycles. The molecule has 9 nitrogen and oxygen atoms in total. The highest BCUT2D eigenvalue weighted by Crippen LogP contribution is 2.71. The minimum atomic E-state index is -4.01. The number of carbonyl (C=O) groups is 2. The number of fused-ring (bicyclic) bond motifs is 3. The molecular weight excluding hydrogens is 554 g/mol. The van der Waals surface area contributed by atoms with Crippen molar-refractivity contribution in [3.63, 3.8) is 0 Å². The van der Waals surface area contributed by atoms with Crippen LogP contribution in [-0.4, -0.2) is 62.6 Å². The maximum absolute atomic E-state index is 13.4. The number of esters is 1. The number of aromatic nitrogens is 1. The van der Waals surface area contributed by atoms with E-state index >= 15 is 0 Å². The number of nitrogens with one attached hydrogen (secondary N) is 1. The molecule has 0 radical (unpaired) electrons. The van der Waals surface area contributed by atoms with E-state index in [1.807, 2.05) is 6.07 Å². The Kier molecular flexibility index (Phi) is 6.71. The van der Waals surface area contributed by atoms with E-state index in [-0.39, 0.29) is 35.5 Å². The number of rotatable bonds is 5. The van der Waals surface area contributed by atoms with E-state index < -0.39 is 16.1 Å². The van der Waals surface area contributed by atoms with Gasteiger partial charge in [0.25, 0.3) is 5.91 Å². The van der Waals surface area contributed by atoms with Crippen molar-refractivity contribution in [2.75, 3.05) is 33.4 Å². The summed E-state index contributed by atoms with van der Waals surface area (Å²) in [5, 5.41) is 1.08. The summed E-state index contributed by atoms with van der Waals surface area (Å²) in [5.41, 5.74) is 3.65. The molecular formula is C32H37N3O6S. The Morgan fingerprint density at radius 2 is 1.83 bits per heavy atom. The molecule has 7 rings (SSSR count). The lowest BCUT2D eigenvalue weighted by atomic mass is 9.78. The van der Waals surface area contributed by atoms with Crippen LogP contribution in [0.3, 0.4) is 0 Å². The Labute approximate surface area is 246 Å². The second kappa shape index (κ2) is 10.2. The fourth-order valence-electron chi connectivity index (χ4n) is 7.85. The standard InChI is InChI=1S/C32H37N3O6S/c1-40-30(37)24-19-31-12-6-3-7-13-32(31,21-31)28-27(22-8-4-2-5-9-22)25-11-10-23(18-26(25)35(28)20-24)29(36)33-42(38,39)34-14-16-41-17-15-34/h6-7,10-13,18-19,22H,2-5,8-9,14-17,20-21H2,1H3,(H,33,36). The van der Waals surface area contributed by atoms with Crippen molar-refractivity contribution in [2.24, 2.45) is 5.41 Å². The fourth-order valence-corrected chi connectivity index (χ4v) is 8.96. The first-order valence-electron chi connectivity index (χ1n) is 15.0. The Morgan fingerprint density at radius 1 is 1.07 bits per heavy atom. The molecule has 0 bridgehead atoms. The number of methoxy groups -OCH3 is 1. The SMILES string of the molecule is COC(=O)C1=CC23C=CCC=CC2(C3)c2c(C3CCCCC3)c3ccc(C(=O)NS(=O)(=O)N4CCOCC4)cc3n2C1. The predicted octanol–water partition coefficient (Wildman–Crippen LogP) is 4.25. The molecule has 1 saturated heterocycles. The third-order valence-electron chi connectivity index (χ3n) is 9.91. The van der Waals surface area contributed by atoms with Crippen LogP contribution in [0.15, 0.2) is 54.2 Å². The first kappa shape index (κ1) is 27.6. The van der Waals surface area contributed by atoms with Gasteiger partial charge in [0.1, 0.15) is 0 Å². The number of benzene rings is 1. The predicted molar refractivity (Wildman–Crippen MR) is 158 cm³/mol. The summed E-state index contributed by atoms with van der Waals surface area (Å²) in [6.45, 7) is 1.32. The molecule has 1 amide bonds. The first-order valence-corrected chi connectivity index (χ1v) is 16.4. The fraction of sp³-hybridized carbons (Fsp3) is 0.500. The number of ether oxygens (including phenoxy) is 2. The van der Waals surface area contributed by atoms with Crippen LogP contribution in [0.4, 0.5) is 0 Å². The van der Waals surface area contributed by atoms with Gasteiger partial charge in [0.05, 0.1) is 32.4 Å². The van der Waals surface area contributed by atoms with Crippen molar-refractivity contribution >= 4 is 33.0 Å². The van der Waals surface area contributed by atoms with E-state index in [0.717, 1.165) is 36.6 Å². The highest BCUT2D eigenvalue weighted by Gasteiger charge is 2.67. The number of amides is 1. The molecule has 2 unspecified atom stereocenters. The lowest BCUT2D eigenvalue weighted by molar-refractivity contribution is -0.136. The Hall–Kier alpha value is -3.21. The lowest BCUT2D eigenvalue weighted by Gasteiger charge is -2.27. The summed E-state index contributed by atoms with van der Waals surface area (Å²) in [4.78, 5) is 26.5. The number of hydrogen-bond acceptors (Lipinski definition) is 6. The molecule has 3 fully saturated rings. The Morgan fingerprint density at radius 3 is 2.60 bits per heavy atom. The highest BCUT2D eigenvalue weighted by molar-refractivity contribution is 7.87. The van der Waals surface area contributed by atoms with E-state index in [0.29, 0.717) is 31.2 Å². The van der Waals surface area contributed by atoms with Gasteiger partial charge in [0.2, 0.25) is 0 Å². The van der Waals surface area contributed by atoms with E-state index in [1.165, 1.54) is 41.9 Å². The van der Waals surface area contributed by atoms with Gasteiger partial charge >= 0.3 is 16.2 Å². The third kappa shape index (κ3) is 4.29. The smallest absolute Gasteiger partial charge is 0.335 e. The van der Waals surface area contributed by atoms with E-state index in [2.05, 4.69) is 39.7 Å². The van der Waals surface area contributed by atoms with Crippen molar-refractivity contribution in [1.82, 2.24) is 13.6 Å². The highest BCUT2D eigenvalue weighted by atomic mass is 32.2. The zero-order valence-corrected chi connectivity index (χ0v) is 24.8. The molecule has 42 heavy (non-hydrogen) atoms. The summed E-state index contributed by atoms with van der Waals surface area (Å²) >= 11 is 0. The summed E-state index contributed by atoms with van der Waals surface area (Å²) < 4.78 is 42.2. The van der Waals surface area contributed by atoms with Crippen LogP contribution in [0.2, 0.25) is 0 Å². The lowest BCUT2D eigenvalue weighted by Crippen LogP contribution is -2.48. The largest absolute Gasteiger partial charge is 0.466 e. The van der Waals surface area contributed by atoms with Gasteiger partial charge in [-0.3, -0.25) is 4.79 Å². The molecule has 2 aromatic rings. The number of nitrogens with zero attached hydrogens (tertiary/aromatic N) is 2. The van der Waals surface area contributed by atoms with Crippen LogP contribution in [0, 0.1) is 5.41 Å². The van der Waals surface area contributed by atoms with Crippen LogP contribution in [-0.2, 0) is 36.4 Å². The van der Waals surface area contributed by atoms with Gasteiger partial charge in [-0.15, -0.1) is 0 Å². The van der Waals surface area contributed by atoms with Gasteiger partial charge in [0.15, 0.2) is 0 Å². The van der Waals surface area contributed by atoms with E-state index in [4.69, 9.17) is 9.47 Å². The summed E-state index contributed by atoms with van der Waals surface area (Å²) in [6, 6.07) is 5.51. The molecule has 2 atom stereocenters. The van der Waals surface area contributed by atoms with Crippen LogP contribution in [0.5, 0.6) is 0 Å². The molecule has 5 aliphatic rings. The molecule has 1 N–H and O–H groups in total. The van der Waals surface area contributed by atoms with Crippen LogP contribution >= 0.6 is 0 Å². The van der Waals surface area contributed by atoms with Crippen LogP contribution in [0.25, 0.3) is 10.9 Å². The van der Waals surface area contributed by atoms with Gasteiger partial charge in [-0.2, -0.15) is 12.7 Å². The second-order valence-electron chi connectivity index (χ2n) is 12.3. The molecule has 222 valence electrons. The monoisotopic (exact) mass is 591 g/mol. The zero-order valence-electron chi connectivity index (χ0n) is 23.9. The summed E-state index contributed by atoms with van der Waals surface area (Å²) in [5.74, 6) is -0.648. The van der Waals surface area contributed by atoms with E-state index in [1.54, 1.807) is 12.1 Å². The molecule has 2 saturated carbocycles. The molecule has 0 spiro atoms. The molecule has 2 aliphatic heterocycles. The number of carbonyl (C=O) groups excluding carboxylic acids is 2. The minimum absolute atomic E-state index is 0.201. The molecule has 3 heterocycles. The summed E-state index contributed by atoms with van der Waals surface area (Å²) in [7, 11) is -2.60. The normalized spacial score (nSPS) is 27.7. The number of hydrogen-bond donors (Lipinski definition) is 1. The number of allylic oxidation sites excluding steroid dienone is 5. The zero-order chi connectivity index (χ0) is 29.1. The third-order valence-corrected chi connectivity index (χ3v) is 11.4. The first-order chi connectivity index (χ1) is 20.3. The van der Waals surface area contributed by atoms with Gasteiger partial charge in [0, 0.05) is 46.1 Å². The summed E-state index contributed by atoms with van der Waals surface area (Å²) in [6.07, 6.45) is 18.6. The van der Waals surface area contributed by atoms with Crippen molar-refractivity contribution in [3.05, 3.63) is 71.0 Å². The van der Waals surface area contributed by atoms with Gasteiger partial charge in [-0.1, -0.05) is 55.7 Å². The maximum Gasteiger partial charge on any atom is 0.335 e. The van der Waals surface area contributed by atoms with Crippen molar-refractivity contribution in [1.29, 1.82) is 0 Å². The van der Waals surface area contributed by atoms with E-state index in [9.17, 15) is 18.0 Å². The average molecular weight is 592 g/mol. The van der Waals surface area contributed by atoms with Crippen molar-refractivity contribution in [3.8, 4) is 0 Å². The number of morpholine rings is 1.